The number of nitriles is 1. The van der Waals surface area contributed by atoms with Gasteiger partial charge in [-0.05, 0) is 63.1 Å². The highest BCUT2D eigenvalue weighted by atomic mass is 19.4. The van der Waals surface area contributed by atoms with Gasteiger partial charge in [0, 0.05) is 6.42 Å². The summed E-state index contributed by atoms with van der Waals surface area (Å²) in [5, 5.41) is 9.27. The molecule has 0 saturated carbocycles. The highest BCUT2D eigenvalue weighted by Gasteiger charge is 2.74. The third kappa shape index (κ3) is 3.93. The highest BCUT2D eigenvalue weighted by Crippen LogP contribution is 2.62. The van der Waals surface area contributed by atoms with E-state index in [0.29, 0.717) is 35.8 Å². The van der Waals surface area contributed by atoms with E-state index in [1.165, 1.54) is 12.1 Å². The van der Waals surface area contributed by atoms with E-state index in [2.05, 4.69) is 0 Å². The van der Waals surface area contributed by atoms with Crippen molar-refractivity contribution in [3.8, 4) is 17.6 Å². The number of benzene rings is 2. The van der Waals surface area contributed by atoms with Crippen molar-refractivity contribution >= 4 is 17.5 Å². The Kier molecular flexibility index (Phi) is 5.94. The molecule has 3 heterocycles. The van der Waals surface area contributed by atoms with E-state index in [1.807, 2.05) is 6.92 Å². The van der Waals surface area contributed by atoms with Gasteiger partial charge in [-0.25, -0.2) is 4.90 Å². The molecule has 4 atom stereocenters. The fraction of sp³-hybridized carbons (Fsp3) is 0.444. The number of nitrogens with zero attached hydrogens (tertiary/aromatic N) is 2. The van der Waals surface area contributed by atoms with Gasteiger partial charge in [0.25, 0.3) is 0 Å². The lowest BCUT2D eigenvalue weighted by atomic mass is 9.67. The molecule has 0 spiro atoms. The largest absolute Gasteiger partial charge is 0.494 e. The Bertz CT molecular complexity index is 1290. The number of rotatable bonds is 7. The highest BCUT2D eigenvalue weighted by molar-refractivity contribution is 6.23. The molecule has 3 aliphatic rings. The third-order valence-corrected chi connectivity index (χ3v) is 7.63. The summed E-state index contributed by atoms with van der Waals surface area (Å²) in [6.45, 7) is 4.34. The number of imide groups is 1. The molecule has 2 amide bonds. The molecule has 3 fully saturated rings. The first-order chi connectivity index (χ1) is 17.5. The maximum atomic E-state index is 14.0. The zero-order chi connectivity index (χ0) is 26.6. The summed E-state index contributed by atoms with van der Waals surface area (Å²) in [5.41, 5.74) is -4.55. The lowest BCUT2D eigenvalue weighted by Crippen LogP contribution is -2.43. The summed E-state index contributed by atoms with van der Waals surface area (Å²) in [7, 11) is 0. The maximum Gasteiger partial charge on any atom is 0.419 e. The second-order valence-electron chi connectivity index (χ2n) is 9.76. The zero-order valence-corrected chi connectivity index (χ0v) is 20.3. The summed E-state index contributed by atoms with van der Waals surface area (Å²) < 4.78 is 59.5. The molecule has 5 rings (SSSR count). The predicted molar refractivity (Wildman–Crippen MR) is 125 cm³/mol. The molecule has 0 aliphatic carbocycles. The number of halogens is 3. The van der Waals surface area contributed by atoms with Gasteiger partial charge in [-0.15, -0.1) is 0 Å². The van der Waals surface area contributed by atoms with Gasteiger partial charge in [-0.3, -0.25) is 9.59 Å². The fourth-order valence-corrected chi connectivity index (χ4v) is 6.11. The van der Waals surface area contributed by atoms with Crippen LogP contribution in [-0.2, 0) is 20.5 Å². The number of alkyl halides is 3. The molecular formula is C27H25F3N2O5. The van der Waals surface area contributed by atoms with E-state index in [-0.39, 0.29) is 13.0 Å². The minimum absolute atomic E-state index is 0.187. The lowest BCUT2D eigenvalue weighted by Gasteiger charge is -2.31. The van der Waals surface area contributed by atoms with Crippen LogP contribution in [0.3, 0.4) is 0 Å². The van der Waals surface area contributed by atoms with Gasteiger partial charge in [0.2, 0.25) is 11.8 Å². The normalized spacial score (nSPS) is 28.4. The molecule has 3 saturated heterocycles. The van der Waals surface area contributed by atoms with Gasteiger partial charge >= 0.3 is 6.18 Å². The first-order valence-electron chi connectivity index (χ1n) is 12.1. The van der Waals surface area contributed by atoms with E-state index in [4.69, 9.17) is 14.2 Å². The predicted octanol–water partition coefficient (Wildman–Crippen LogP) is 4.87. The van der Waals surface area contributed by atoms with Crippen LogP contribution in [0, 0.1) is 23.2 Å². The van der Waals surface area contributed by atoms with Crippen molar-refractivity contribution in [2.75, 3.05) is 18.1 Å². The van der Waals surface area contributed by atoms with Crippen molar-refractivity contribution in [1.29, 1.82) is 5.26 Å². The van der Waals surface area contributed by atoms with Gasteiger partial charge in [0.05, 0.1) is 59.1 Å². The van der Waals surface area contributed by atoms with Crippen molar-refractivity contribution in [2.45, 2.75) is 50.5 Å². The van der Waals surface area contributed by atoms with Crippen LogP contribution in [0.15, 0.2) is 42.5 Å². The van der Waals surface area contributed by atoms with Gasteiger partial charge < -0.3 is 14.2 Å². The lowest BCUT2D eigenvalue weighted by molar-refractivity contribution is -0.137. The average Bonchev–Trinajstić information content (AvgIpc) is 3.43. The number of hydrogen-bond donors (Lipinski definition) is 0. The van der Waals surface area contributed by atoms with Crippen molar-refractivity contribution < 1.29 is 37.0 Å². The van der Waals surface area contributed by atoms with Crippen LogP contribution in [0.1, 0.15) is 44.2 Å². The molecule has 2 bridgehead atoms. The molecule has 3 aliphatic heterocycles. The van der Waals surface area contributed by atoms with E-state index >= 15 is 0 Å². The van der Waals surface area contributed by atoms with Crippen LogP contribution < -0.4 is 14.4 Å². The number of ether oxygens (including phenoxy) is 3. The number of hydrogen-bond acceptors (Lipinski definition) is 6. The monoisotopic (exact) mass is 514 g/mol. The Morgan fingerprint density at radius 2 is 1.70 bits per heavy atom. The summed E-state index contributed by atoms with van der Waals surface area (Å²) in [5.74, 6) is -2.02. The number of anilines is 1. The first kappa shape index (κ1) is 25.1. The first-order valence-corrected chi connectivity index (χ1v) is 12.1. The molecule has 7 nitrogen and oxygen atoms in total. The SMILES string of the molecule is CCOc1ccc(OCCC23CCC(C)(O2)C2C(=O)N(c4cccc(C#N)c4C(F)(F)F)C(=O)C23)cc1. The molecule has 0 radical (unpaired) electrons. The molecule has 0 N–H and O–H groups in total. The molecule has 194 valence electrons. The molecule has 37 heavy (non-hydrogen) atoms. The quantitative estimate of drug-likeness (QED) is 0.490. The average molecular weight is 515 g/mol. The van der Waals surface area contributed by atoms with Gasteiger partial charge in [0.1, 0.15) is 11.5 Å². The summed E-state index contributed by atoms with van der Waals surface area (Å²) in [4.78, 5) is 27.8. The van der Waals surface area contributed by atoms with Crippen molar-refractivity contribution in [3.05, 3.63) is 53.6 Å². The summed E-state index contributed by atoms with van der Waals surface area (Å²) >= 11 is 0. The Balaban J connectivity index is 1.42. The topological polar surface area (TPSA) is 88.9 Å². The minimum atomic E-state index is -4.93. The standard InChI is InChI=1S/C27H25F3N2O5/c1-3-35-17-7-9-18(10-8-17)36-14-13-26-12-11-25(2,37-26)21-22(26)24(34)32(23(21)33)19-6-4-5-16(15-31)20(19)27(28,29)30/h4-10,21-22H,3,11-14H2,1-2H3. The molecule has 4 unspecified atom stereocenters. The van der Waals surface area contributed by atoms with Gasteiger partial charge in [-0.2, -0.15) is 18.4 Å². The van der Waals surface area contributed by atoms with E-state index in [9.17, 15) is 28.0 Å². The Hall–Kier alpha value is -3.58. The second kappa shape index (κ2) is 8.77. The van der Waals surface area contributed by atoms with E-state index in [0.717, 1.165) is 12.1 Å². The van der Waals surface area contributed by atoms with Crippen molar-refractivity contribution in [3.63, 3.8) is 0 Å². The smallest absolute Gasteiger partial charge is 0.419 e. The van der Waals surface area contributed by atoms with Crippen LogP contribution in [0.25, 0.3) is 0 Å². The van der Waals surface area contributed by atoms with Crippen molar-refractivity contribution in [2.24, 2.45) is 11.8 Å². The summed E-state index contributed by atoms with van der Waals surface area (Å²) in [6, 6.07) is 11.9. The molecule has 10 heteroatoms. The third-order valence-electron chi connectivity index (χ3n) is 7.63. The van der Waals surface area contributed by atoms with Gasteiger partial charge in [0.15, 0.2) is 0 Å². The van der Waals surface area contributed by atoms with Gasteiger partial charge in [-0.1, -0.05) is 6.07 Å². The molecule has 2 aromatic rings. The molecular weight excluding hydrogens is 489 g/mol. The number of carbonyl (C=O) groups is 2. The van der Waals surface area contributed by atoms with Crippen LogP contribution in [0.4, 0.5) is 18.9 Å². The van der Waals surface area contributed by atoms with Crippen LogP contribution in [0.2, 0.25) is 0 Å². The van der Waals surface area contributed by atoms with Crippen LogP contribution >= 0.6 is 0 Å². The maximum absolute atomic E-state index is 14.0. The van der Waals surface area contributed by atoms with E-state index < -0.39 is 57.8 Å². The Labute approximate surface area is 211 Å². The fourth-order valence-electron chi connectivity index (χ4n) is 6.11. The Morgan fingerprint density at radius 1 is 1.05 bits per heavy atom. The van der Waals surface area contributed by atoms with Crippen molar-refractivity contribution in [1.82, 2.24) is 0 Å². The number of fused-ring (bicyclic) bond motifs is 5. The molecule has 2 aromatic carbocycles. The Morgan fingerprint density at radius 3 is 2.32 bits per heavy atom. The van der Waals surface area contributed by atoms with Crippen LogP contribution in [-0.4, -0.2) is 36.2 Å². The number of amides is 2. The zero-order valence-electron chi connectivity index (χ0n) is 20.3. The van der Waals surface area contributed by atoms with E-state index in [1.54, 1.807) is 31.2 Å². The number of carbonyl (C=O) groups excluding carboxylic acids is 2. The van der Waals surface area contributed by atoms with Crippen LogP contribution in [0.5, 0.6) is 11.5 Å². The molecule has 0 aromatic heterocycles. The second-order valence-corrected chi connectivity index (χ2v) is 9.76. The minimum Gasteiger partial charge on any atom is -0.494 e. The summed E-state index contributed by atoms with van der Waals surface area (Å²) in [6.07, 6.45) is -3.67.